The highest BCUT2D eigenvalue weighted by molar-refractivity contribution is 5.89. The number of fused-ring (bicyclic) bond motifs is 3. The van der Waals surface area contributed by atoms with Gasteiger partial charge in [-0.2, -0.15) is 0 Å². The summed E-state index contributed by atoms with van der Waals surface area (Å²) < 4.78 is 5.58. The summed E-state index contributed by atoms with van der Waals surface area (Å²) in [7, 11) is 0. The van der Waals surface area contributed by atoms with Crippen LogP contribution in [0, 0.1) is 0 Å². The molecule has 2 aromatic rings. The van der Waals surface area contributed by atoms with E-state index in [1.54, 1.807) is 24.4 Å². The van der Waals surface area contributed by atoms with Gasteiger partial charge in [0.25, 0.3) is 0 Å². The molecular weight excluding hydrogens is 244 g/mol. The molecule has 0 bridgehead atoms. The summed E-state index contributed by atoms with van der Waals surface area (Å²) in [6, 6.07) is 6.92. The number of carbonyl (C=O) groups is 1. The van der Waals surface area contributed by atoms with Crippen LogP contribution < -0.4 is 10.1 Å². The van der Waals surface area contributed by atoms with Crippen molar-refractivity contribution in [1.29, 1.82) is 0 Å². The van der Waals surface area contributed by atoms with Gasteiger partial charge in [-0.05, 0) is 23.8 Å². The van der Waals surface area contributed by atoms with Crippen molar-refractivity contribution in [2.45, 2.75) is 13.5 Å². The predicted molar refractivity (Wildman–Crippen MR) is 70.0 cm³/mol. The molecule has 0 aliphatic carbocycles. The summed E-state index contributed by atoms with van der Waals surface area (Å²) in [6.45, 7) is 1.83. The highest BCUT2D eigenvalue weighted by atomic mass is 16.5. The molecule has 1 aromatic heterocycles. The van der Waals surface area contributed by atoms with Crippen molar-refractivity contribution < 1.29 is 14.6 Å². The molecule has 0 fully saturated rings. The van der Waals surface area contributed by atoms with Gasteiger partial charge in [0, 0.05) is 18.1 Å². The minimum absolute atomic E-state index is 0.171. The lowest BCUT2D eigenvalue weighted by molar-refractivity contribution is -0.114. The molecule has 5 nitrogen and oxygen atoms in total. The van der Waals surface area contributed by atoms with Gasteiger partial charge in [0.15, 0.2) is 0 Å². The second-order valence-electron chi connectivity index (χ2n) is 4.38. The zero-order valence-corrected chi connectivity index (χ0v) is 10.3. The quantitative estimate of drug-likeness (QED) is 0.821. The molecule has 0 saturated carbocycles. The Morgan fingerprint density at radius 2 is 2.21 bits per heavy atom. The molecule has 1 aromatic carbocycles. The van der Waals surface area contributed by atoms with Gasteiger partial charge in [-0.25, -0.2) is 4.98 Å². The van der Waals surface area contributed by atoms with Crippen LogP contribution in [0.15, 0.2) is 30.5 Å². The van der Waals surface area contributed by atoms with E-state index < -0.39 is 0 Å². The number of nitrogens with zero attached hydrogens (tertiary/aromatic N) is 1. The third-order valence-electron chi connectivity index (χ3n) is 2.93. The van der Waals surface area contributed by atoms with Crippen molar-refractivity contribution in [3.8, 4) is 22.6 Å². The van der Waals surface area contributed by atoms with Gasteiger partial charge < -0.3 is 15.2 Å². The van der Waals surface area contributed by atoms with Crippen molar-refractivity contribution in [3.63, 3.8) is 0 Å². The first-order valence-corrected chi connectivity index (χ1v) is 5.86. The van der Waals surface area contributed by atoms with Crippen molar-refractivity contribution in [1.82, 2.24) is 4.98 Å². The molecule has 96 valence electrons. The summed E-state index contributed by atoms with van der Waals surface area (Å²) >= 11 is 0. The largest absolute Gasteiger partial charge is 0.508 e. The first kappa shape index (κ1) is 11.5. The van der Waals surface area contributed by atoms with Gasteiger partial charge >= 0.3 is 0 Å². The first-order valence-electron chi connectivity index (χ1n) is 5.86. The average molecular weight is 256 g/mol. The summed E-state index contributed by atoms with van der Waals surface area (Å²) in [5.41, 5.74) is 2.75. The monoisotopic (exact) mass is 256 g/mol. The molecule has 3 rings (SSSR count). The van der Waals surface area contributed by atoms with Crippen LogP contribution in [0.25, 0.3) is 11.1 Å². The number of phenols is 1. The minimum Gasteiger partial charge on any atom is -0.508 e. The lowest BCUT2D eigenvalue weighted by Gasteiger charge is -2.21. The topological polar surface area (TPSA) is 71.5 Å². The molecule has 1 aliphatic rings. The van der Waals surface area contributed by atoms with Crippen LogP contribution in [-0.2, 0) is 11.4 Å². The fourth-order valence-electron chi connectivity index (χ4n) is 2.13. The lowest BCUT2D eigenvalue weighted by Crippen LogP contribution is -2.10. The lowest BCUT2D eigenvalue weighted by atomic mass is 9.98. The molecule has 2 N–H and O–H groups in total. The Balaban J connectivity index is 2.10. The number of rotatable bonds is 1. The van der Waals surface area contributed by atoms with E-state index in [0.717, 1.165) is 16.7 Å². The van der Waals surface area contributed by atoms with Gasteiger partial charge in [0.05, 0.1) is 6.20 Å². The van der Waals surface area contributed by atoms with E-state index in [9.17, 15) is 9.90 Å². The standard InChI is InChI=1S/C14H12N2O3/c1-8(17)16-14-5-12-11-3-2-10(18)4-9(11)7-19-13(12)6-15-14/h2-6,18H,7H2,1H3,(H,15,16,17). The first-order chi connectivity index (χ1) is 9.13. The maximum atomic E-state index is 11.1. The number of benzene rings is 1. The fourth-order valence-corrected chi connectivity index (χ4v) is 2.13. The maximum Gasteiger partial charge on any atom is 0.222 e. The molecule has 5 heteroatoms. The minimum atomic E-state index is -0.171. The Morgan fingerprint density at radius 1 is 1.37 bits per heavy atom. The Morgan fingerprint density at radius 3 is 3.00 bits per heavy atom. The normalized spacial score (nSPS) is 12.1. The van der Waals surface area contributed by atoms with E-state index in [4.69, 9.17) is 4.74 Å². The smallest absolute Gasteiger partial charge is 0.222 e. The molecule has 2 heterocycles. The van der Waals surface area contributed by atoms with Gasteiger partial charge in [-0.3, -0.25) is 4.79 Å². The molecule has 0 saturated heterocycles. The van der Waals surface area contributed by atoms with Crippen LogP contribution in [0.4, 0.5) is 5.82 Å². The van der Waals surface area contributed by atoms with E-state index in [0.29, 0.717) is 18.2 Å². The zero-order chi connectivity index (χ0) is 13.4. The number of aromatic nitrogens is 1. The molecule has 0 radical (unpaired) electrons. The highest BCUT2D eigenvalue weighted by Gasteiger charge is 2.18. The predicted octanol–water partition coefficient (Wildman–Crippen LogP) is 2.30. The van der Waals surface area contributed by atoms with Crippen molar-refractivity contribution in [2.24, 2.45) is 0 Å². The number of aromatic hydroxyl groups is 1. The van der Waals surface area contributed by atoms with E-state index in [-0.39, 0.29) is 11.7 Å². The molecular formula is C14H12N2O3. The van der Waals surface area contributed by atoms with Gasteiger partial charge in [0.2, 0.25) is 5.91 Å². The highest BCUT2D eigenvalue weighted by Crippen LogP contribution is 2.39. The molecule has 1 aliphatic heterocycles. The van der Waals surface area contributed by atoms with Gasteiger partial charge in [0.1, 0.15) is 23.9 Å². The fraction of sp³-hybridized carbons (Fsp3) is 0.143. The number of hydrogen-bond acceptors (Lipinski definition) is 4. The summed E-state index contributed by atoms with van der Waals surface area (Å²) in [5.74, 6) is 1.19. The van der Waals surface area contributed by atoms with Crippen LogP contribution in [0.5, 0.6) is 11.5 Å². The molecule has 0 atom stereocenters. The number of anilines is 1. The van der Waals surface area contributed by atoms with Crippen LogP contribution >= 0.6 is 0 Å². The van der Waals surface area contributed by atoms with E-state index in [2.05, 4.69) is 10.3 Å². The molecule has 19 heavy (non-hydrogen) atoms. The van der Waals surface area contributed by atoms with Crippen molar-refractivity contribution >= 4 is 11.7 Å². The number of carbonyl (C=O) groups excluding carboxylic acids is 1. The number of pyridine rings is 1. The number of phenolic OH excluding ortho intramolecular Hbond substituents is 1. The van der Waals surface area contributed by atoms with E-state index in [1.165, 1.54) is 6.92 Å². The Labute approximate surface area is 109 Å². The maximum absolute atomic E-state index is 11.1. The van der Waals surface area contributed by atoms with Crippen LogP contribution in [0.2, 0.25) is 0 Å². The van der Waals surface area contributed by atoms with Gasteiger partial charge in [-0.1, -0.05) is 6.07 Å². The third-order valence-corrected chi connectivity index (χ3v) is 2.93. The zero-order valence-electron chi connectivity index (χ0n) is 10.3. The van der Waals surface area contributed by atoms with E-state index >= 15 is 0 Å². The van der Waals surface area contributed by atoms with Gasteiger partial charge in [-0.15, -0.1) is 0 Å². The van der Waals surface area contributed by atoms with Crippen molar-refractivity contribution in [2.75, 3.05) is 5.32 Å². The number of amides is 1. The average Bonchev–Trinajstić information content (AvgIpc) is 2.37. The second kappa shape index (κ2) is 4.28. The van der Waals surface area contributed by atoms with E-state index in [1.807, 2.05) is 6.07 Å². The number of hydrogen-bond donors (Lipinski definition) is 2. The Kier molecular flexibility index (Phi) is 2.59. The van der Waals surface area contributed by atoms with Crippen LogP contribution in [0.3, 0.4) is 0 Å². The van der Waals surface area contributed by atoms with Crippen molar-refractivity contribution in [3.05, 3.63) is 36.0 Å². The molecule has 0 unspecified atom stereocenters. The van der Waals surface area contributed by atoms with Crippen LogP contribution in [-0.4, -0.2) is 16.0 Å². The second-order valence-corrected chi connectivity index (χ2v) is 4.38. The molecule has 0 spiro atoms. The summed E-state index contributed by atoms with van der Waals surface area (Å²) in [4.78, 5) is 15.2. The number of ether oxygens (including phenoxy) is 1. The summed E-state index contributed by atoms with van der Waals surface area (Å²) in [6.07, 6.45) is 1.59. The Bertz CT molecular complexity index is 668. The van der Waals surface area contributed by atoms with Crippen LogP contribution in [0.1, 0.15) is 12.5 Å². The third kappa shape index (κ3) is 2.10. The molecule has 1 amide bonds. The summed E-state index contributed by atoms with van der Waals surface area (Å²) in [5, 5.41) is 12.1. The number of nitrogens with one attached hydrogen (secondary N) is 1. The SMILES string of the molecule is CC(=O)Nc1cc2c(cn1)OCc1cc(O)ccc1-2. The Hall–Kier alpha value is -2.56.